The van der Waals surface area contributed by atoms with E-state index in [2.05, 4.69) is 43.0 Å². The van der Waals surface area contributed by atoms with Crippen LogP contribution >= 0.6 is 0 Å². The maximum absolute atomic E-state index is 6.26. The Morgan fingerprint density at radius 3 is 2.78 bits per heavy atom. The third-order valence-corrected chi connectivity index (χ3v) is 5.77. The number of hydrogen-bond acceptors (Lipinski definition) is 3. The zero-order chi connectivity index (χ0) is 16.1. The van der Waals surface area contributed by atoms with E-state index in [0.29, 0.717) is 5.92 Å². The summed E-state index contributed by atoms with van der Waals surface area (Å²) in [6, 6.07) is 8.75. The van der Waals surface area contributed by atoms with Crippen molar-refractivity contribution in [3.8, 4) is 0 Å². The topological polar surface area (TPSA) is 21.7 Å². The van der Waals surface area contributed by atoms with Crippen LogP contribution in [0.25, 0.3) is 0 Å². The number of hydrogen-bond donors (Lipinski definition) is 0. The van der Waals surface area contributed by atoms with E-state index in [1.54, 1.807) is 0 Å². The number of ether oxygens (including phenoxy) is 2. The van der Waals surface area contributed by atoms with Crippen molar-refractivity contribution in [2.75, 3.05) is 32.9 Å². The molecule has 2 saturated heterocycles. The minimum atomic E-state index is 0.138. The molecule has 23 heavy (non-hydrogen) atoms. The summed E-state index contributed by atoms with van der Waals surface area (Å²) in [5.41, 5.74) is 3.00. The molecule has 3 heteroatoms. The van der Waals surface area contributed by atoms with E-state index in [-0.39, 0.29) is 5.60 Å². The quantitative estimate of drug-likeness (QED) is 0.745. The van der Waals surface area contributed by atoms with Crippen molar-refractivity contribution in [1.29, 1.82) is 0 Å². The summed E-state index contributed by atoms with van der Waals surface area (Å²) < 4.78 is 11.8. The van der Waals surface area contributed by atoms with Crippen molar-refractivity contribution >= 4 is 0 Å². The lowest BCUT2D eigenvalue weighted by Gasteiger charge is -2.42. The zero-order valence-electron chi connectivity index (χ0n) is 14.7. The number of aryl methyl sites for hydroxylation is 1. The molecule has 0 amide bonds. The Morgan fingerprint density at radius 2 is 2.04 bits per heavy atom. The molecule has 1 spiro atoms. The predicted molar refractivity (Wildman–Crippen MR) is 93.6 cm³/mol. The lowest BCUT2D eigenvalue weighted by molar-refractivity contribution is -0.0728. The van der Waals surface area contributed by atoms with E-state index < -0.39 is 0 Å². The predicted octanol–water partition coefficient (Wildman–Crippen LogP) is 3.79. The molecule has 0 N–H and O–H groups in total. The van der Waals surface area contributed by atoms with Crippen LogP contribution in [0.5, 0.6) is 0 Å². The molecule has 0 aliphatic carbocycles. The first kappa shape index (κ1) is 16.9. The maximum Gasteiger partial charge on any atom is 0.0736 e. The van der Waals surface area contributed by atoms with Gasteiger partial charge < -0.3 is 9.47 Å². The average molecular weight is 317 g/mol. The van der Waals surface area contributed by atoms with Crippen LogP contribution in [0, 0.1) is 12.8 Å². The van der Waals surface area contributed by atoms with Crippen LogP contribution in [0.1, 0.15) is 43.7 Å². The van der Waals surface area contributed by atoms with Crippen molar-refractivity contribution in [1.82, 2.24) is 4.90 Å². The second-order valence-corrected chi connectivity index (χ2v) is 7.09. The normalized spacial score (nSPS) is 24.3. The molecule has 2 fully saturated rings. The maximum atomic E-state index is 6.26. The van der Waals surface area contributed by atoms with Crippen LogP contribution in [0.15, 0.2) is 24.3 Å². The summed E-state index contributed by atoms with van der Waals surface area (Å²) in [7, 11) is 0. The van der Waals surface area contributed by atoms with Crippen LogP contribution in [-0.4, -0.2) is 43.4 Å². The van der Waals surface area contributed by atoms with Crippen molar-refractivity contribution in [2.45, 2.75) is 51.7 Å². The molecule has 3 nitrogen and oxygen atoms in total. The Morgan fingerprint density at radius 1 is 1.26 bits per heavy atom. The summed E-state index contributed by atoms with van der Waals surface area (Å²) in [4.78, 5) is 2.59. The molecule has 1 unspecified atom stereocenters. The van der Waals surface area contributed by atoms with Gasteiger partial charge in [0.05, 0.1) is 5.60 Å². The second-order valence-electron chi connectivity index (χ2n) is 7.09. The molecule has 0 aromatic heterocycles. The average Bonchev–Trinajstić information content (AvgIpc) is 2.95. The largest absolute Gasteiger partial charge is 0.382 e. The molecule has 2 aliphatic rings. The summed E-state index contributed by atoms with van der Waals surface area (Å²) in [6.45, 7) is 10.3. The third kappa shape index (κ3) is 3.96. The lowest BCUT2D eigenvalue weighted by Crippen LogP contribution is -2.47. The smallest absolute Gasteiger partial charge is 0.0736 e. The first-order chi connectivity index (χ1) is 11.2. The highest BCUT2D eigenvalue weighted by Gasteiger charge is 2.45. The molecular formula is C20H31NO2. The van der Waals surface area contributed by atoms with E-state index in [4.69, 9.17) is 9.47 Å². The van der Waals surface area contributed by atoms with Crippen molar-refractivity contribution < 1.29 is 9.47 Å². The van der Waals surface area contributed by atoms with Crippen molar-refractivity contribution in [3.63, 3.8) is 0 Å². The van der Waals surface area contributed by atoms with Crippen molar-refractivity contribution in [2.24, 2.45) is 5.92 Å². The van der Waals surface area contributed by atoms with Crippen LogP contribution < -0.4 is 0 Å². The number of rotatable bonds is 6. The molecule has 0 saturated carbocycles. The van der Waals surface area contributed by atoms with E-state index in [1.807, 2.05) is 0 Å². The van der Waals surface area contributed by atoms with E-state index >= 15 is 0 Å². The first-order valence-corrected chi connectivity index (χ1v) is 9.22. The second kappa shape index (κ2) is 7.78. The highest BCUT2D eigenvalue weighted by molar-refractivity contribution is 5.25. The molecule has 2 heterocycles. The fourth-order valence-electron chi connectivity index (χ4n) is 4.23. The Balaban J connectivity index is 1.54. The lowest BCUT2D eigenvalue weighted by atomic mass is 9.78. The molecule has 1 aromatic carbocycles. The van der Waals surface area contributed by atoms with Gasteiger partial charge in [0.15, 0.2) is 0 Å². The van der Waals surface area contributed by atoms with Gasteiger partial charge in [-0.25, -0.2) is 0 Å². The fourth-order valence-corrected chi connectivity index (χ4v) is 4.23. The standard InChI is InChI=1S/C20H31NO2/c1-3-22-14-8-19-9-15-23-20(19)10-12-21(13-11-20)16-18-7-5-4-6-17(18)2/h4-7,19H,3,8-16H2,1-2H3. The number of piperidine rings is 1. The van der Waals surface area contributed by atoms with Gasteiger partial charge in [0.1, 0.15) is 0 Å². The van der Waals surface area contributed by atoms with Crippen LogP contribution in [0.2, 0.25) is 0 Å². The molecule has 1 aromatic rings. The molecule has 3 rings (SSSR count). The van der Waals surface area contributed by atoms with Gasteiger partial charge in [0.25, 0.3) is 0 Å². The molecular weight excluding hydrogens is 286 g/mol. The number of benzene rings is 1. The highest BCUT2D eigenvalue weighted by Crippen LogP contribution is 2.42. The zero-order valence-corrected chi connectivity index (χ0v) is 14.7. The fraction of sp³-hybridized carbons (Fsp3) is 0.700. The Bertz CT molecular complexity index is 494. The molecule has 1 atom stereocenters. The van der Waals surface area contributed by atoms with E-state index in [1.165, 1.54) is 30.4 Å². The van der Waals surface area contributed by atoms with Gasteiger partial charge in [0.2, 0.25) is 0 Å². The van der Waals surface area contributed by atoms with Gasteiger partial charge in [-0.05, 0) is 56.6 Å². The summed E-state index contributed by atoms with van der Waals surface area (Å²) >= 11 is 0. The summed E-state index contributed by atoms with van der Waals surface area (Å²) in [5, 5.41) is 0. The summed E-state index contributed by atoms with van der Waals surface area (Å²) in [6.07, 6.45) is 4.72. The van der Waals surface area contributed by atoms with Crippen molar-refractivity contribution in [3.05, 3.63) is 35.4 Å². The minimum absolute atomic E-state index is 0.138. The summed E-state index contributed by atoms with van der Waals surface area (Å²) in [5.74, 6) is 0.690. The Hall–Kier alpha value is -0.900. The van der Waals surface area contributed by atoms with Gasteiger partial charge in [-0.3, -0.25) is 4.90 Å². The minimum Gasteiger partial charge on any atom is -0.382 e. The number of nitrogens with zero attached hydrogens (tertiary/aromatic N) is 1. The Kier molecular flexibility index (Phi) is 5.73. The molecule has 2 aliphatic heterocycles. The van der Waals surface area contributed by atoms with E-state index in [9.17, 15) is 0 Å². The first-order valence-electron chi connectivity index (χ1n) is 9.22. The number of likely N-dealkylation sites (tertiary alicyclic amines) is 1. The van der Waals surface area contributed by atoms with Gasteiger partial charge >= 0.3 is 0 Å². The van der Waals surface area contributed by atoms with Crippen LogP contribution in [0.3, 0.4) is 0 Å². The highest BCUT2D eigenvalue weighted by atomic mass is 16.5. The van der Waals surface area contributed by atoms with Gasteiger partial charge in [-0.2, -0.15) is 0 Å². The molecule has 0 radical (unpaired) electrons. The third-order valence-electron chi connectivity index (χ3n) is 5.77. The Labute approximate surface area is 141 Å². The molecule has 0 bridgehead atoms. The van der Waals surface area contributed by atoms with Gasteiger partial charge in [0, 0.05) is 39.5 Å². The van der Waals surface area contributed by atoms with Crippen LogP contribution in [0.4, 0.5) is 0 Å². The van der Waals surface area contributed by atoms with Gasteiger partial charge in [-0.15, -0.1) is 0 Å². The molecule has 128 valence electrons. The monoisotopic (exact) mass is 317 g/mol. The SMILES string of the molecule is CCOCCC1CCOC12CCN(Cc1ccccc1C)CC2. The van der Waals surface area contributed by atoms with Gasteiger partial charge in [-0.1, -0.05) is 24.3 Å². The van der Waals surface area contributed by atoms with Crippen LogP contribution in [-0.2, 0) is 16.0 Å². The van der Waals surface area contributed by atoms with E-state index in [0.717, 1.165) is 45.9 Å².